The van der Waals surface area contributed by atoms with Crippen LogP contribution in [0.15, 0.2) is 36.4 Å². The number of aryl methyl sites for hydroxylation is 3. The number of hydrogen-bond acceptors (Lipinski definition) is 1. The quantitative estimate of drug-likeness (QED) is 0.758. The Bertz CT molecular complexity index is 527. The van der Waals surface area contributed by atoms with E-state index in [0.717, 1.165) is 22.3 Å². The van der Waals surface area contributed by atoms with Gasteiger partial charge in [-0.2, -0.15) is 0 Å². The van der Waals surface area contributed by atoms with Gasteiger partial charge in [0.05, 0.1) is 0 Å². The summed E-state index contributed by atoms with van der Waals surface area (Å²) in [6, 6.07) is 12.1. The van der Waals surface area contributed by atoms with Crippen LogP contribution in [0, 0.1) is 20.8 Å². The zero-order valence-corrected chi connectivity index (χ0v) is 9.91. The Morgan fingerprint density at radius 1 is 0.750 bits per heavy atom. The van der Waals surface area contributed by atoms with E-state index in [1.807, 2.05) is 32.0 Å². The molecule has 0 heterocycles. The van der Waals surface area contributed by atoms with Crippen LogP contribution >= 0.6 is 0 Å². The molecule has 0 amide bonds. The number of aromatic hydroxyl groups is 1. The highest BCUT2D eigenvalue weighted by Crippen LogP contribution is 2.36. The third kappa shape index (κ3) is 1.69. The van der Waals surface area contributed by atoms with E-state index in [9.17, 15) is 5.11 Å². The molecule has 0 fully saturated rings. The average molecular weight is 212 g/mol. The van der Waals surface area contributed by atoms with E-state index in [0.29, 0.717) is 5.75 Å². The molecule has 0 radical (unpaired) electrons. The minimum atomic E-state index is 0.398. The smallest absolute Gasteiger partial charge is 0.126 e. The van der Waals surface area contributed by atoms with E-state index >= 15 is 0 Å². The van der Waals surface area contributed by atoms with Crippen LogP contribution in [0.2, 0.25) is 0 Å². The van der Waals surface area contributed by atoms with Crippen LogP contribution in [0.4, 0.5) is 0 Å². The van der Waals surface area contributed by atoms with Crippen molar-refractivity contribution in [2.75, 3.05) is 0 Å². The summed E-state index contributed by atoms with van der Waals surface area (Å²) in [7, 11) is 0. The molecule has 0 spiro atoms. The van der Waals surface area contributed by atoms with Gasteiger partial charge >= 0.3 is 0 Å². The molecular formula is C15H16O. The maximum atomic E-state index is 10.2. The molecule has 0 aromatic heterocycles. The molecule has 1 nitrogen and oxygen atoms in total. The summed E-state index contributed by atoms with van der Waals surface area (Å²) in [5.74, 6) is 0.398. The topological polar surface area (TPSA) is 20.2 Å². The van der Waals surface area contributed by atoms with Crippen molar-refractivity contribution in [3.05, 3.63) is 53.1 Å². The lowest BCUT2D eigenvalue weighted by Gasteiger charge is -2.13. The van der Waals surface area contributed by atoms with Crippen molar-refractivity contribution in [3.63, 3.8) is 0 Å². The summed E-state index contributed by atoms with van der Waals surface area (Å²) >= 11 is 0. The van der Waals surface area contributed by atoms with Crippen LogP contribution in [0.5, 0.6) is 5.75 Å². The molecule has 0 saturated carbocycles. The van der Waals surface area contributed by atoms with E-state index in [4.69, 9.17) is 0 Å². The second-order valence-electron chi connectivity index (χ2n) is 4.24. The number of phenolic OH excluding ortho intramolecular Hbond substituents is 1. The van der Waals surface area contributed by atoms with Crippen molar-refractivity contribution in [2.24, 2.45) is 0 Å². The molecule has 82 valence electrons. The van der Waals surface area contributed by atoms with E-state index in [1.165, 1.54) is 5.56 Å². The first-order valence-electron chi connectivity index (χ1n) is 5.46. The van der Waals surface area contributed by atoms with Gasteiger partial charge in [-0.25, -0.2) is 0 Å². The SMILES string of the molecule is Cc1ccccc1-c1c(C)ccc(C)c1O. The Morgan fingerprint density at radius 2 is 1.38 bits per heavy atom. The fraction of sp³-hybridized carbons (Fsp3) is 0.200. The van der Waals surface area contributed by atoms with Gasteiger partial charge in [-0.15, -0.1) is 0 Å². The van der Waals surface area contributed by atoms with Crippen LogP contribution in [-0.4, -0.2) is 5.11 Å². The lowest BCUT2D eigenvalue weighted by molar-refractivity contribution is 0.472. The van der Waals surface area contributed by atoms with Crippen molar-refractivity contribution in [1.82, 2.24) is 0 Å². The second-order valence-corrected chi connectivity index (χ2v) is 4.24. The number of phenols is 1. The van der Waals surface area contributed by atoms with Crippen molar-refractivity contribution in [2.45, 2.75) is 20.8 Å². The van der Waals surface area contributed by atoms with Gasteiger partial charge in [0.2, 0.25) is 0 Å². The van der Waals surface area contributed by atoms with Crippen molar-refractivity contribution < 1.29 is 5.11 Å². The van der Waals surface area contributed by atoms with Crippen LogP contribution < -0.4 is 0 Å². The Balaban J connectivity index is 2.74. The monoisotopic (exact) mass is 212 g/mol. The minimum Gasteiger partial charge on any atom is -0.507 e. The van der Waals surface area contributed by atoms with Crippen LogP contribution in [-0.2, 0) is 0 Å². The highest BCUT2D eigenvalue weighted by Gasteiger charge is 2.11. The Hall–Kier alpha value is -1.76. The summed E-state index contributed by atoms with van der Waals surface area (Å²) < 4.78 is 0. The van der Waals surface area contributed by atoms with Crippen LogP contribution in [0.1, 0.15) is 16.7 Å². The molecular weight excluding hydrogens is 196 g/mol. The third-order valence-electron chi connectivity index (χ3n) is 3.00. The molecule has 1 heteroatoms. The highest BCUT2D eigenvalue weighted by atomic mass is 16.3. The van der Waals surface area contributed by atoms with Gasteiger partial charge in [0.25, 0.3) is 0 Å². The van der Waals surface area contributed by atoms with E-state index < -0.39 is 0 Å². The van der Waals surface area contributed by atoms with Gasteiger partial charge in [0, 0.05) is 5.56 Å². The third-order valence-corrected chi connectivity index (χ3v) is 3.00. The fourth-order valence-electron chi connectivity index (χ4n) is 1.99. The van der Waals surface area contributed by atoms with Gasteiger partial charge in [0.15, 0.2) is 0 Å². The zero-order valence-electron chi connectivity index (χ0n) is 9.91. The summed E-state index contributed by atoms with van der Waals surface area (Å²) in [6.07, 6.45) is 0. The highest BCUT2D eigenvalue weighted by molar-refractivity contribution is 5.77. The lowest BCUT2D eigenvalue weighted by Crippen LogP contribution is -1.89. The predicted molar refractivity (Wildman–Crippen MR) is 67.8 cm³/mol. The number of rotatable bonds is 1. The van der Waals surface area contributed by atoms with E-state index in [2.05, 4.69) is 25.1 Å². The van der Waals surface area contributed by atoms with Crippen molar-refractivity contribution in [1.29, 1.82) is 0 Å². The van der Waals surface area contributed by atoms with Gasteiger partial charge in [-0.1, -0.05) is 36.4 Å². The molecule has 1 N–H and O–H groups in total. The standard InChI is InChI=1S/C15H16O/c1-10-6-4-5-7-13(10)14-11(2)8-9-12(3)15(14)16/h4-9,16H,1-3H3. The summed E-state index contributed by atoms with van der Waals surface area (Å²) in [5.41, 5.74) is 5.28. The number of hydrogen-bond donors (Lipinski definition) is 1. The molecule has 2 aromatic carbocycles. The Labute approximate surface area is 96.4 Å². The molecule has 0 unspecified atom stereocenters. The summed E-state index contributed by atoms with van der Waals surface area (Å²) in [6.45, 7) is 6.02. The molecule has 0 aliphatic heterocycles. The maximum absolute atomic E-state index is 10.2. The average Bonchev–Trinajstić information content (AvgIpc) is 2.27. The first kappa shape index (κ1) is 10.7. The van der Waals surface area contributed by atoms with Gasteiger partial charge in [-0.3, -0.25) is 0 Å². The van der Waals surface area contributed by atoms with Gasteiger partial charge in [-0.05, 0) is 43.0 Å². The molecule has 2 aromatic rings. The molecule has 0 bridgehead atoms. The molecule has 0 atom stereocenters. The molecule has 2 rings (SSSR count). The summed E-state index contributed by atoms with van der Waals surface area (Å²) in [5, 5.41) is 10.2. The van der Waals surface area contributed by atoms with Crippen molar-refractivity contribution >= 4 is 0 Å². The largest absolute Gasteiger partial charge is 0.507 e. The Morgan fingerprint density at radius 3 is 2.06 bits per heavy atom. The van der Waals surface area contributed by atoms with E-state index in [-0.39, 0.29) is 0 Å². The second kappa shape index (κ2) is 4.01. The van der Waals surface area contributed by atoms with Crippen LogP contribution in [0.3, 0.4) is 0 Å². The molecule has 0 aliphatic rings. The molecule has 16 heavy (non-hydrogen) atoms. The fourth-order valence-corrected chi connectivity index (χ4v) is 1.99. The van der Waals surface area contributed by atoms with Crippen molar-refractivity contribution in [3.8, 4) is 16.9 Å². The number of benzene rings is 2. The van der Waals surface area contributed by atoms with Gasteiger partial charge < -0.3 is 5.11 Å². The first-order valence-corrected chi connectivity index (χ1v) is 5.46. The maximum Gasteiger partial charge on any atom is 0.126 e. The Kier molecular flexibility index (Phi) is 2.69. The van der Waals surface area contributed by atoms with Gasteiger partial charge in [0.1, 0.15) is 5.75 Å². The predicted octanol–water partition coefficient (Wildman–Crippen LogP) is 3.98. The minimum absolute atomic E-state index is 0.398. The zero-order chi connectivity index (χ0) is 11.7. The first-order chi connectivity index (χ1) is 7.61. The lowest BCUT2D eigenvalue weighted by atomic mass is 9.94. The van der Waals surface area contributed by atoms with Crippen LogP contribution in [0.25, 0.3) is 11.1 Å². The normalized spacial score (nSPS) is 10.4. The molecule has 0 saturated heterocycles. The van der Waals surface area contributed by atoms with E-state index in [1.54, 1.807) is 0 Å². The summed E-state index contributed by atoms with van der Waals surface area (Å²) in [4.78, 5) is 0. The molecule has 0 aliphatic carbocycles.